The van der Waals surface area contributed by atoms with Gasteiger partial charge in [0.2, 0.25) is 0 Å². The number of thiazole rings is 2. The maximum Gasteiger partial charge on any atom is 0.348 e. The summed E-state index contributed by atoms with van der Waals surface area (Å²) in [5.74, 6) is -3.52. The Kier molecular flexibility index (Phi) is 30.1. The number of hydrogen-bond acceptors (Lipinski definition) is 20. The van der Waals surface area contributed by atoms with Crippen molar-refractivity contribution in [2.24, 2.45) is 22.7 Å². The van der Waals surface area contributed by atoms with Gasteiger partial charge in [0.25, 0.3) is 17.7 Å². The lowest BCUT2D eigenvalue weighted by atomic mass is 10.0. The van der Waals surface area contributed by atoms with E-state index in [-0.39, 0.29) is 55.1 Å². The lowest BCUT2D eigenvalue weighted by Gasteiger charge is -2.36. The third kappa shape index (κ3) is 22.1. The van der Waals surface area contributed by atoms with Crippen LogP contribution in [-0.4, -0.2) is 146 Å². The van der Waals surface area contributed by atoms with Crippen molar-refractivity contribution >= 4 is 205 Å². The van der Waals surface area contributed by atoms with Crippen molar-refractivity contribution < 1.29 is 72.0 Å². The van der Waals surface area contributed by atoms with E-state index in [1.165, 1.54) is 22.7 Å². The van der Waals surface area contributed by atoms with Crippen LogP contribution in [-0.2, 0) is 32.7 Å². The number of hydrogen-bond donors (Lipinski definition) is 6. The monoisotopic (exact) mass is 1860 g/mol. The summed E-state index contributed by atoms with van der Waals surface area (Å²) in [5, 5.41) is 45.5. The van der Waals surface area contributed by atoms with Crippen LogP contribution in [0.4, 0.5) is 34.1 Å². The molecular formula is C87H87Cl3N9O15P3S5. The Morgan fingerprint density at radius 3 is 1.18 bits per heavy atom. The SMILES string of the molecule is CP(=O)(c1ccc(Cl)cc1)N(CC1CCOCC1)c1cc(-c2ccc(NC(=O)C3=CCC=N3)cc2)sc1C(=O)O.CP(=O)(c1ccc(Cl)cc1Cl)N(CC1CCOCC1)c1cc(-c2ccc(NC(=O)c3cscn3)cc2)sc1C(=O)O.Cc1ccc(P(C)(=O)N(CC2CCOCC2)c2cc(-c3ccc(NC(=O)c4cscn4)cc3)sc2C(=O)O)c(C)c1. The molecular weight excluding hydrogens is 1770 g/mol. The topological polar surface area (TPSA) is 326 Å². The lowest BCUT2D eigenvalue weighted by Crippen LogP contribution is -2.34. The Morgan fingerprint density at radius 2 is 0.828 bits per heavy atom. The normalized spacial score (nSPS) is 15.8. The quantitative estimate of drug-likeness (QED) is 0.0261. The van der Waals surface area contributed by atoms with Crippen LogP contribution >= 0.6 is 113 Å². The number of aryl methyl sites for hydroxylation is 2. The number of carbonyl (C=O) groups excluding carboxylic acids is 3. The smallest absolute Gasteiger partial charge is 0.348 e. The summed E-state index contributed by atoms with van der Waals surface area (Å²) < 4.78 is 65.8. The van der Waals surface area contributed by atoms with Crippen molar-refractivity contribution in [1.82, 2.24) is 9.97 Å². The van der Waals surface area contributed by atoms with Gasteiger partial charge in [-0.3, -0.25) is 33.1 Å². The van der Waals surface area contributed by atoms with Crippen LogP contribution < -0.4 is 45.9 Å². The Balaban J connectivity index is 0.000000158. The summed E-state index contributed by atoms with van der Waals surface area (Å²) in [7, 11) is -9.84. The first-order valence-electron chi connectivity index (χ1n) is 38.9. The molecule has 0 saturated carbocycles. The zero-order valence-electron chi connectivity index (χ0n) is 66.9. The molecule has 0 aliphatic carbocycles. The number of ether oxygens (including phenoxy) is 3. The van der Waals surface area contributed by atoms with Gasteiger partial charge >= 0.3 is 17.9 Å². The van der Waals surface area contributed by atoms with Crippen LogP contribution in [0, 0.1) is 31.6 Å². The summed E-state index contributed by atoms with van der Waals surface area (Å²) in [6, 6.07) is 44.6. The number of carbonyl (C=O) groups is 6. The predicted octanol–water partition coefficient (Wildman–Crippen LogP) is 21.0. The number of nitrogens with zero attached hydrogens (tertiary/aromatic N) is 6. The molecule has 11 aromatic rings. The van der Waals surface area contributed by atoms with Crippen LogP contribution in [0.5, 0.6) is 0 Å². The zero-order valence-corrected chi connectivity index (χ0v) is 75.9. The number of halogens is 3. The van der Waals surface area contributed by atoms with E-state index in [4.69, 9.17) is 49.0 Å². The molecule has 3 atom stereocenters. The summed E-state index contributed by atoms with van der Waals surface area (Å²) in [5.41, 5.74) is 11.7. The number of nitrogens with one attached hydrogen (secondary N) is 3. The molecule has 636 valence electrons. The number of carboxylic acids is 3. The van der Waals surface area contributed by atoms with Crippen molar-refractivity contribution in [1.29, 1.82) is 0 Å². The number of aliphatic imine (C=N–C) groups is 1. The fourth-order valence-electron chi connectivity index (χ4n) is 14.6. The molecule has 6 aromatic carbocycles. The van der Waals surface area contributed by atoms with Crippen LogP contribution in [0.25, 0.3) is 31.3 Å². The highest BCUT2D eigenvalue weighted by Gasteiger charge is 2.40. The minimum absolute atomic E-state index is 0.0835. The van der Waals surface area contributed by atoms with Gasteiger partial charge in [-0.15, -0.1) is 56.7 Å². The van der Waals surface area contributed by atoms with Gasteiger partial charge in [0.05, 0.1) is 33.1 Å². The minimum Gasteiger partial charge on any atom is -0.477 e. The first-order chi connectivity index (χ1) is 58.5. The molecule has 0 spiro atoms. The van der Waals surface area contributed by atoms with Gasteiger partial charge in [0.1, 0.15) is 31.7 Å². The molecule has 122 heavy (non-hydrogen) atoms. The molecule has 4 aliphatic heterocycles. The molecule has 9 heterocycles. The molecule has 24 nitrogen and oxygen atoms in total. The van der Waals surface area contributed by atoms with E-state index in [9.17, 15) is 57.8 Å². The van der Waals surface area contributed by atoms with Gasteiger partial charge < -0.3 is 59.5 Å². The zero-order chi connectivity index (χ0) is 86.6. The maximum atomic E-state index is 14.7. The standard InChI is InChI=1S/C30H32N3O5PS2.C29H29ClN3O5PS.C28H26Cl2N3O5PS2/c1-19-4-9-26(20(2)14-19)39(3,37)33(16-21-10-12-38-13-11-21)25-15-27(41-28(25)30(35)36)22-5-7-23(8-6-22)32-29(34)24-17-40-18-31-24;1-39(37,23-10-6-21(30)7-11-23)33(18-19-12-15-38-16-13-19)25-17-26(40-27(25)29(35)36)20-4-8-22(9-5-20)32-28(34)24-3-2-14-31-24;1-39(37,24-7-4-19(29)12-21(24)30)33(14-17-8-10-38-11-9-17)23-13-25(41-26(23)28(35)36)18-2-5-20(6-3-18)32-27(34)22-15-40-16-31-22/h4-9,14-15,17-18,21H,10-13,16H2,1-3H3,(H,32,34)(H,35,36);3-11,14,17,19H,2,12-13,15-16,18H2,1H3,(H,32,34)(H,35,36);2-7,12-13,15-17H,8-11,14H2,1H3,(H,32,34)(H,35,36). The van der Waals surface area contributed by atoms with Gasteiger partial charge in [-0.05, 0) is 202 Å². The number of aromatic carboxylic acids is 3. The van der Waals surface area contributed by atoms with Crippen molar-refractivity contribution in [2.45, 2.75) is 58.8 Å². The van der Waals surface area contributed by atoms with Crippen molar-refractivity contribution in [2.75, 3.05) is 109 Å². The van der Waals surface area contributed by atoms with Crippen molar-refractivity contribution in [3.63, 3.8) is 0 Å². The average Bonchev–Trinajstić information content (AvgIpc) is 1.54. The van der Waals surface area contributed by atoms with Gasteiger partial charge in [-0.25, -0.2) is 24.4 Å². The van der Waals surface area contributed by atoms with E-state index in [0.717, 1.165) is 115 Å². The third-order valence-corrected chi connectivity index (χ3v) is 34.6. The largest absolute Gasteiger partial charge is 0.477 e. The van der Waals surface area contributed by atoms with Crippen molar-refractivity contribution in [3.8, 4) is 31.3 Å². The Labute approximate surface area is 740 Å². The highest BCUT2D eigenvalue weighted by Crippen LogP contribution is 2.57. The second-order valence-electron chi connectivity index (χ2n) is 29.8. The second-order valence-corrected chi connectivity index (χ2v) is 43.9. The van der Waals surface area contributed by atoms with E-state index in [1.807, 2.05) is 85.2 Å². The van der Waals surface area contributed by atoms with Crippen LogP contribution in [0.2, 0.25) is 15.1 Å². The molecule has 3 saturated heterocycles. The molecule has 0 radical (unpaired) electrons. The van der Waals surface area contributed by atoms with Gasteiger partial charge in [0.15, 0.2) is 21.9 Å². The van der Waals surface area contributed by atoms with E-state index in [2.05, 4.69) is 30.9 Å². The number of allylic oxidation sites excluding steroid dienone is 1. The number of anilines is 6. The third-order valence-electron chi connectivity index (χ3n) is 21.2. The molecule has 3 unspecified atom stereocenters. The lowest BCUT2D eigenvalue weighted by molar-refractivity contribution is -0.112. The molecule has 0 bridgehead atoms. The molecule has 35 heteroatoms. The number of rotatable bonds is 27. The first kappa shape index (κ1) is 90.5. The average molecular weight is 1860 g/mol. The number of aromatic nitrogens is 2. The van der Waals surface area contributed by atoms with Crippen LogP contribution in [0.1, 0.15) is 106 Å². The number of amides is 3. The van der Waals surface area contributed by atoms with E-state index in [0.29, 0.717) is 142 Å². The Hall–Kier alpha value is -9.25. The number of benzene rings is 6. The fraction of sp³-hybridized carbons (Fsp3) is 0.276. The molecule has 3 fully saturated rings. The first-order valence-corrected chi connectivity index (χ1v) is 50.7. The molecule has 6 N–H and O–H groups in total. The second kappa shape index (κ2) is 40.6. The fourth-order valence-corrected chi connectivity index (χ4v) is 26.6. The highest BCUT2D eigenvalue weighted by atomic mass is 35.5. The number of carboxylic acid groups (broad SMARTS) is 3. The Bertz CT molecular complexity index is 5600. The van der Waals surface area contributed by atoms with Gasteiger partial charge in [0, 0.05) is 160 Å². The summed E-state index contributed by atoms with van der Waals surface area (Å²) >= 11 is 24.8. The van der Waals surface area contributed by atoms with Gasteiger partial charge in [-0.1, -0.05) is 88.9 Å². The summed E-state index contributed by atoms with van der Waals surface area (Å²) in [4.78, 5) is 89.2. The summed E-state index contributed by atoms with van der Waals surface area (Å²) in [6.45, 7) is 14.0. The van der Waals surface area contributed by atoms with E-state index >= 15 is 0 Å². The predicted molar refractivity (Wildman–Crippen MR) is 496 cm³/mol. The molecule has 5 aromatic heterocycles. The van der Waals surface area contributed by atoms with E-state index < -0.39 is 39.8 Å². The Morgan fingerprint density at radius 1 is 0.459 bits per heavy atom. The molecule has 4 aliphatic rings. The summed E-state index contributed by atoms with van der Waals surface area (Å²) in [6.07, 6.45) is 8.91. The molecule has 3 amide bonds. The highest BCUT2D eigenvalue weighted by molar-refractivity contribution is 7.73. The molecule has 15 rings (SSSR count). The van der Waals surface area contributed by atoms with Gasteiger partial charge in [-0.2, -0.15) is 0 Å². The van der Waals surface area contributed by atoms with E-state index in [1.54, 1.807) is 148 Å². The van der Waals surface area contributed by atoms with Crippen LogP contribution in [0.15, 0.2) is 190 Å². The maximum absolute atomic E-state index is 14.7. The van der Waals surface area contributed by atoms with Crippen LogP contribution in [0.3, 0.4) is 0 Å². The number of thiophene rings is 3. The van der Waals surface area contributed by atoms with Crippen molar-refractivity contribution in [3.05, 3.63) is 237 Å². The minimum atomic E-state index is -3.40.